The van der Waals surface area contributed by atoms with E-state index < -0.39 is 24.5 Å². The summed E-state index contributed by atoms with van der Waals surface area (Å²) in [6.45, 7) is -0.496. The van der Waals surface area contributed by atoms with E-state index in [1.165, 1.54) is 24.4 Å². The molecule has 2 heterocycles. The number of aromatic nitrogens is 1. The molecule has 1 fully saturated rings. The van der Waals surface area contributed by atoms with E-state index in [2.05, 4.69) is 21.3 Å². The quantitative estimate of drug-likeness (QED) is 0.458. The summed E-state index contributed by atoms with van der Waals surface area (Å²) in [7, 11) is 0. The van der Waals surface area contributed by atoms with Gasteiger partial charge in [0.2, 0.25) is 5.88 Å². The van der Waals surface area contributed by atoms with E-state index in [0.717, 1.165) is 11.6 Å². The summed E-state index contributed by atoms with van der Waals surface area (Å²) in [6, 6.07) is 16.7. The second kappa shape index (κ2) is 11.3. The summed E-state index contributed by atoms with van der Waals surface area (Å²) in [5, 5.41) is 20.9. The maximum atomic E-state index is 14.3. The Morgan fingerprint density at radius 2 is 1.76 bits per heavy atom. The van der Waals surface area contributed by atoms with Gasteiger partial charge in [0.25, 0.3) is 5.91 Å². The Morgan fingerprint density at radius 1 is 1.08 bits per heavy atom. The van der Waals surface area contributed by atoms with Crippen LogP contribution in [0.5, 0.6) is 5.88 Å². The van der Waals surface area contributed by atoms with Crippen molar-refractivity contribution in [3.8, 4) is 18.0 Å². The molecule has 1 unspecified atom stereocenters. The maximum absolute atomic E-state index is 14.3. The number of halogens is 4. The maximum Gasteiger partial charge on any atom is 0.422 e. The van der Waals surface area contributed by atoms with Crippen LogP contribution in [0.2, 0.25) is 0 Å². The topological polar surface area (TPSA) is 102 Å². The summed E-state index contributed by atoms with van der Waals surface area (Å²) in [6.07, 6.45) is -2.48. The van der Waals surface area contributed by atoms with E-state index >= 15 is 0 Å². The van der Waals surface area contributed by atoms with Gasteiger partial charge in [0.1, 0.15) is 5.82 Å². The normalized spacial score (nSPS) is 16.3. The molecule has 0 spiro atoms. The molecule has 0 radical (unpaired) electrons. The highest BCUT2D eigenvalue weighted by Crippen LogP contribution is 2.32. The second-order valence-corrected chi connectivity index (χ2v) is 8.73. The van der Waals surface area contributed by atoms with Gasteiger partial charge in [-0.25, -0.2) is 9.37 Å². The first-order valence-electron chi connectivity index (χ1n) is 11.6. The number of carbonyl (C=O) groups is 1. The molecular weight excluding hydrogens is 502 g/mol. The van der Waals surface area contributed by atoms with Crippen LogP contribution in [0.4, 0.5) is 17.6 Å². The number of nitrogens with zero attached hydrogens (tertiary/aromatic N) is 4. The number of alkyl halides is 3. The van der Waals surface area contributed by atoms with Crippen LogP contribution in [-0.2, 0) is 0 Å². The lowest BCUT2D eigenvalue weighted by Crippen LogP contribution is -2.38. The fourth-order valence-electron chi connectivity index (χ4n) is 4.32. The predicted molar refractivity (Wildman–Crippen MR) is 127 cm³/mol. The number of hydrogen-bond donors (Lipinski definition) is 1. The van der Waals surface area contributed by atoms with Crippen molar-refractivity contribution in [1.82, 2.24) is 15.2 Å². The number of ether oxygens (including phenoxy) is 1. The fourth-order valence-corrected chi connectivity index (χ4v) is 4.32. The van der Waals surface area contributed by atoms with Crippen LogP contribution in [0.25, 0.3) is 0 Å². The molecule has 1 saturated heterocycles. The Labute approximate surface area is 215 Å². The van der Waals surface area contributed by atoms with Gasteiger partial charge in [0, 0.05) is 31.4 Å². The van der Waals surface area contributed by atoms with E-state index in [-0.39, 0.29) is 29.1 Å². The molecule has 4 rings (SSSR count). The van der Waals surface area contributed by atoms with Crippen LogP contribution >= 0.6 is 0 Å². The van der Waals surface area contributed by atoms with Crippen molar-refractivity contribution >= 4 is 5.91 Å². The summed E-state index contributed by atoms with van der Waals surface area (Å²) in [5.41, 5.74) is 1.92. The van der Waals surface area contributed by atoms with Crippen LogP contribution in [-0.4, -0.2) is 47.7 Å². The number of benzene rings is 2. The van der Waals surface area contributed by atoms with Gasteiger partial charge in [-0.2, -0.15) is 23.7 Å². The van der Waals surface area contributed by atoms with Crippen LogP contribution in [0.3, 0.4) is 0 Å². The number of hydrogen-bond acceptors (Lipinski definition) is 6. The number of nitrogens with one attached hydrogen (secondary N) is 1. The molecule has 0 aliphatic carbocycles. The Balaban J connectivity index is 1.52. The Bertz CT molecular complexity index is 1380. The Morgan fingerprint density at radius 3 is 2.37 bits per heavy atom. The molecule has 1 aromatic heterocycles. The standard InChI is InChI=1S/C27H21F4N5O2/c28-23-11-18(13-33)3-7-22(23)26(37)35-21-9-10-36(15-21)25(19-4-1-17(12-32)2-5-19)20-6-8-24(34-14-20)38-16-27(29,30)31/h1-8,11,14,21,25H,9-10,15-16H2,(H,35,37)/t21-,25?/m1/s1. The van der Waals surface area contributed by atoms with Gasteiger partial charge in [0.15, 0.2) is 6.61 Å². The molecule has 0 saturated carbocycles. The summed E-state index contributed by atoms with van der Waals surface area (Å²) in [4.78, 5) is 18.8. The van der Waals surface area contributed by atoms with E-state index in [1.807, 2.05) is 6.07 Å². The molecule has 194 valence electrons. The minimum Gasteiger partial charge on any atom is -0.468 e. The Hall–Kier alpha value is -4.48. The third-order valence-electron chi connectivity index (χ3n) is 6.08. The average molecular weight is 523 g/mol. The molecule has 1 N–H and O–H groups in total. The van der Waals surface area contributed by atoms with Gasteiger partial charge in [-0.3, -0.25) is 9.69 Å². The first kappa shape index (κ1) is 26.6. The summed E-state index contributed by atoms with van der Waals surface area (Å²) in [5.74, 6) is -1.55. The molecule has 11 heteroatoms. The van der Waals surface area contributed by atoms with E-state index in [1.54, 1.807) is 30.3 Å². The summed E-state index contributed by atoms with van der Waals surface area (Å²) < 4.78 is 56.5. The summed E-state index contributed by atoms with van der Waals surface area (Å²) >= 11 is 0. The van der Waals surface area contributed by atoms with Crippen molar-refractivity contribution in [2.24, 2.45) is 0 Å². The number of amides is 1. The highest BCUT2D eigenvalue weighted by molar-refractivity contribution is 5.94. The molecule has 1 amide bonds. The van der Waals surface area contributed by atoms with Gasteiger partial charge >= 0.3 is 6.18 Å². The molecule has 3 aromatic rings. The molecule has 38 heavy (non-hydrogen) atoms. The zero-order valence-electron chi connectivity index (χ0n) is 19.9. The smallest absolute Gasteiger partial charge is 0.422 e. The van der Waals surface area contributed by atoms with Crippen LogP contribution < -0.4 is 10.1 Å². The number of nitriles is 2. The molecule has 2 atom stereocenters. The van der Waals surface area contributed by atoms with Gasteiger partial charge < -0.3 is 10.1 Å². The minimum absolute atomic E-state index is 0.111. The molecule has 2 aromatic carbocycles. The molecular formula is C27H21F4N5O2. The lowest BCUT2D eigenvalue weighted by molar-refractivity contribution is -0.154. The van der Waals surface area contributed by atoms with Crippen LogP contribution in [0.15, 0.2) is 60.8 Å². The Kier molecular flexibility index (Phi) is 7.89. The van der Waals surface area contributed by atoms with Gasteiger partial charge in [-0.15, -0.1) is 0 Å². The van der Waals surface area contributed by atoms with E-state index in [4.69, 9.17) is 15.3 Å². The third kappa shape index (κ3) is 6.44. The van der Waals surface area contributed by atoms with Gasteiger partial charge in [0.05, 0.1) is 34.9 Å². The van der Waals surface area contributed by atoms with Gasteiger partial charge in [-0.05, 0) is 47.9 Å². The van der Waals surface area contributed by atoms with Crippen molar-refractivity contribution in [2.45, 2.75) is 24.7 Å². The second-order valence-electron chi connectivity index (χ2n) is 8.73. The number of likely N-dealkylation sites (tertiary alicyclic amines) is 1. The van der Waals surface area contributed by atoms with E-state index in [0.29, 0.717) is 30.6 Å². The largest absolute Gasteiger partial charge is 0.468 e. The van der Waals surface area contributed by atoms with Crippen molar-refractivity contribution in [3.05, 3.63) is 94.4 Å². The highest BCUT2D eigenvalue weighted by Gasteiger charge is 2.32. The SMILES string of the molecule is N#Cc1ccc(C(c2ccc(OCC(F)(F)F)nc2)N2CC[C@@H](NC(=O)c3ccc(C#N)cc3F)C2)cc1. The minimum atomic E-state index is -4.49. The lowest BCUT2D eigenvalue weighted by atomic mass is 9.97. The first-order valence-corrected chi connectivity index (χ1v) is 11.6. The highest BCUT2D eigenvalue weighted by atomic mass is 19.4. The van der Waals surface area contributed by atoms with Crippen molar-refractivity contribution in [3.63, 3.8) is 0 Å². The van der Waals surface area contributed by atoms with Gasteiger partial charge in [-0.1, -0.05) is 18.2 Å². The van der Waals surface area contributed by atoms with E-state index in [9.17, 15) is 22.4 Å². The number of carbonyl (C=O) groups excluding carboxylic acids is 1. The third-order valence-corrected chi connectivity index (χ3v) is 6.08. The predicted octanol–water partition coefficient (Wildman–Crippen LogP) is 4.50. The van der Waals surface area contributed by atoms with Crippen molar-refractivity contribution in [2.75, 3.05) is 19.7 Å². The van der Waals surface area contributed by atoms with Crippen LogP contribution in [0.1, 0.15) is 45.1 Å². The monoisotopic (exact) mass is 523 g/mol. The molecule has 1 aliphatic rings. The zero-order valence-corrected chi connectivity index (χ0v) is 19.9. The first-order chi connectivity index (χ1) is 18.2. The van der Waals surface area contributed by atoms with Crippen molar-refractivity contribution < 1.29 is 27.1 Å². The molecule has 7 nitrogen and oxygen atoms in total. The fraction of sp³-hybridized carbons (Fsp3) is 0.259. The lowest BCUT2D eigenvalue weighted by Gasteiger charge is -2.29. The molecule has 0 bridgehead atoms. The van der Waals surface area contributed by atoms with Crippen molar-refractivity contribution in [1.29, 1.82) is 10.5 Å². The molecule has 1 aliphatic heterocycles. The number of pyridine rings is 1. The average Bonchev–Trinajstić information content (AvgIpc) is 3.35. The van der Waals surface area contributed by atoms with Crippen LogP contribution in [0, 0.1) is 28.5 Å². The number of rotatable bonds is 7. The zero-order chi connectivity index (χ0) is 27.3.